The van der Waals surface area contributed by atoms with Crippen molar-refractivity contribution in [2.75, 3.05) is 0 Å². The molecule has 0 fully saturated rings. The maximum absolute atomic E-state index is 13.1. The summed E-state index contributed by atoms with van der Waals surface area (Å²) in [4.78, 5) is 13.1. The van der Waals surface area contributed by atoms with Gasteiger partial charge in [0.1, 0.15) is 12.3 Å². The molecule has 1 amide bonds. The van der Waals surface area contributed by atoms with E-state index in [1.165, 1.54) is 18.0 Å². The highest BCUT2D eigenvalue weighted by atomic mass is 19.4. The summed E-state index contributed by atoms with van der Waals surface area (Å²) >= 11 is 0. The number of nitrogens with zero attached hydrogens (tertiary/aromatic N) is 4. The van der Waals surface area contributed by atoms with Crippen molar-refractivity contribution in [3.05, 3.63) is 82.7 Å². The molecule has 0 saturated carbocycles. The lowest BCUT2D eigenvalue weighted by molar-refractivity contribution is -0.142. The average Bonchev–Trinajstić information content (AvgIpc) is 3.33. The fourth-order valence-electron chi connectivity index (χ4n) is 3.68. The molecular formula is C23H21F3N4O2. The van der Waals surface area contributed by atoms with Gasteiger partial charge in [-0.1, -0.05) is 48.0 Å². The summed E-state index contributed by atoms with van der Waals surface area (Å²) in [5, 5.41) is 19.6. The van der Waals surface area contributed by atoms with Gasteiger partial charge in [-0.15, -0.1) is 0 Å². The summed E-state index contributed by atoms with van der Waals surface area (Å²) in [5.74, 6) is -0.509. The lowest BCUT2D eigenvalue weighted by atomic mass is 9.97. The van der Waals surface area contributed by atoms with Crippen molar-refractivity contribution in [3.63, 3.8) is 0 Å². The molecule has 0 unspecified atom stereocenters. The molecular weight excluding hydrogens is 421 g/mol. The average molecular weight is 442 g/mol. The molecule has 2 heterocycles. The van der Waals surface area contributed by atoms with Crippen molar-refractivity contribution < 1.29 is 23.1 Å². The molecule has 1 aliphatic rings. The molecule has 1 atom stereocenters. The molecule has 1 aliphatic heterocycles. The Bertz CT molecular complexity index is 1180. The Balaban J connectivity index is 1.67. The Morgan fingerprint density at radius 3 is 2.44 bits per heavy atom. The number of hydrazone groups is 1. The van der Waals surface area contributed by atoms with Gasteiger partial charge in [0, 0.05) is 17.7 Å². The molecule has 32 heavy (non-hydrogen) atoms. The SMILES string of the molecule is Cc1ccc(C2=NN(C(=O)Cn3nc(C(F)(F)F)cc3C)[C@H](c3ccccc3O)C2)cc1. The number of alkyl halides is 3. The van der Waals surface area contributed by atoms with Gasteiger partial charge in [-0.3, -0.25) is 9.48 Å². The zero-order valence-electron chi connectivity index (χ0n) is 17.5. The number of hydrogen-bond donors (Lipinski definition) is 1. The predicted molar refractivity (Wildman–Crippen MR) is 112 cm³/mol. The van der Waals surface area contributed by atoms with Crippen molar-refractivity contribution in [1.29, 1.82) is 0 Å². The Hall–Kier alpha value is -3.62. The van der Waals surface area contributed by atoms with Crippen LogP contribution in [0.5, 0.6) is 5.75 Å². The zero-order valence-corrected chi connectivity index (χ0v) is 17.5. The number of amides is 1. The number of aromatic nitrogens is 2. The van der Waals surface area contributed by atoms with Crippen LogP contribution in [0.3, 0.4) is 0 Å². The molecule has 4 rings (SSSR count). The minimum absolute atomic E-state index is 0.0188. The van der Waals surface area contributed by atoms with E-state index in [4.69, 9.17) is 0 Å². The number of phenolic OH excluding ortho intramolecular Hbond substituents is 1. The third kappa shape index (κ3) is 4.23. The minimum atomic E-state index is -4.60. The second-order valence-electron chi connectivity index (χ2n) is 7.76. The highest BCUT2D eigenvalue weighted by molar-refractivity contribution is 6.03. The molecule has 0 bridgehead atoms. The number of carbonyl (C=O) groups is 1. The molecule has 0 radical (unpaired) electrons. The lowest BCUT2D eigenvalue weighted by Gasteiger charge is -2.23. The first kappa shape index (κ1) is 21.6. The predicted octanol–water partition coefficient (Wildman–Crippen LogP) is 4.60. The first-order chi connectivity index (χ1) is 15.1. The van der Waals surface area contributed by atoms with E-state index in [-0.39, 0.29) is 11.4 Å². The van der Waals surface area contributed by atoms with Gasteiger partial charge in [-0.05, 0) is 31.5 Å². The van der Waals surface area contributed by atoms with E-state index < -0.39 is 30.4 Å². The van der Waals surface area contributed by atoms with Crippen LogP contribution in [0, 0.1) is 13.8 Å². The monoisotopic (exact) mass is 442 g/mol. The highest BCUT2D eigenvalue weighted by Crippen LogP contribution is 2.37. The van der Waals surface area contributed by atoms with Crippen molar-refractivity contribution in [1.82, 2.24) is 14.8 Å². The number of para-hydroxylation sites is 1. The standard InChI is InChI=1S/C23H21F3N4O2/c1-14-7-9-16(10-8-14)18-12-19(17-5-3-4-6-20(17)31)30(27-18)22(32)13-29-15(2)11-21(28-29)23(24,25)26/h3-11,19,31H,12-13H2,1-2H3/t19-/m0/s1. The maximum Gasteiger partial charge on any atom is 0.435 e. The van der Waals surface area contributed by atoms with Crippen LogP contribution >= 0.6 is 0 Å². The molecule has 6 nitrogen and oxygen atoms in total. The van der Waals surface area contributed by atoms with E-state index >= 15 is 0 Å². The van der Waals surface area contributed by atoms with Crippen LogP contribution < -0.4 is 0 Å². The number of rotatable bonds is 4. The fourth-order valence-corrected chi connectivity index (χ4v) is 3.68. The number of hydrogen-bond acceptors (Lipinski definition) is 4. The van der Waals surface area contributed by atoms with Crippen LogP contribution in [-0.2, 0) is 17.5 Å². The summed E-state index contributed by atoms with van der Waals surface area (Å²) in [6.45, 7) is 3.01. The van der Waals surface area contributed by atoms with Gasteiger partial charge in [-0.2, -0.15) is 23.4 Å². The molecule has 2 aromatic carbocycles. The largest absolute Gasteiger partial charge is 0.508 e. The van der Waals surface area contributed by atoms with Gasteiger partial charge in [-0.25, -0.2) is 5.01 Å². The fraction of sp³-hybridized carbons (Fsp3) is 0.261. The molecule has 0 aliphatic carbocycles. The topological polar surface area (TPSA) is 70.7 Å². The van der Waals surface area contributed by atoms with E-state index in [2.05, 4.69) is 10.2 Å². The van der Waals surface area contributed by atoms with Crippen molar-refractivity contribution in [2.45, 2.75) is 39.0 Å². The summed E-state index contributed by atoms with van der Waals surface area (Å²) < 4.78 is 40.0. The van der Waals surface area contributed by atoms with Gasteiger partial charge in [0.05, 0.1) is 11.8 Å². The number of aryl methyl sites for hydroxylation is 2. The molecule has 9 heteroatoms. The van der Waals surface area contributed by atoms with Gasteiger partial charge >= 0.3 is 6.18 Å². The van der Waals surface area contributed by atoms with Crippen LogP contribution in [-0.4, -0.2) is 31.5 Å². The first-order valence-corrected chi connectivity index (χ1v) is 9.99. The molecule has 0 spiro atoms. The number of aromatic hydroxyl groups is 1. The summed E-state index contributed by atoms with van der Waals surface area (Å²) in [6.07, 6.45) is -4.24. The van der Waals surface area contributed by atoms with Crippen molar-refractivity contribution in [3.8, 4) is 5.75 Å². The number of halogens is 3. The molecule has 0 saturated heterocycles. The molecule has 3 aromatic rings. The number of benzene rings is 2. The van der Waals surface area contributed by atoms with Crippen molar-refractivity contribution in [2.24, 2.45) is 5.10 Å². The molecule has 1 aromatic heterocycles. The third-order valence-corrected chi connectivity index (χ3v) is 5.40. The first-order valence-electron chi connectivity index (χ1n) is 9.99. The Kier molecular flexibility index (Phi) is 5.50. The van der Waals surface area contributed by atoms with Gasteiger partial charge < -0.3 is 5.11 Å². The van der Waals surface area contributed by atoms with Crippen LogP contribution in [0.4, 0.5) is 13.2 Å². The maximum atomic E-state index is 13.1. The Morgan fingerprint density at radius 2 is 1.81 bits per heavy atom. The van der Waals surface area contributed by atoms with Crippen LogP contribution in [0.2, 0.25) is 0 Å². The zero-order chi connectivity index (χ0) is 23.0. The van der Waals surface area contributed by atoms with E-state index in [0.717, 1.165) is 21.9 Å². The summed E-state index contributed by atoms with van der Waals surface area (Å²) in [5.41, 5.74) is 2.24. The lowest BCUT2D eigenvalue weighted by Crippen LogP contribution is -2.31. The van der Waals surface area contributed by atoms with E-state index in [0.29, 0.717) is 17.7 Å². The third-order valence-electron chi connectivity index (χ3n) is 5.40. The summed E-state index contributed by atoms with van der Waals surface area (Å²) in [6, 6.07) is 14.6. The quantitative estimate of drug-likeness (QED) is 0.642. The second-order valence-corrected chi connectivity index (χ2v) is 7.76. The number of phenols is 1. The van der Waals surface area contributed by atoms with E-state index in [1.54, 1.807) is 18.2 Å². The summed E-state index contributed by atoms with van der Waals surface area (Å²) in [7, 11) is 0. The molecule has 166 valence electrons. The Labute approximate surface area is 182 Å². The molecule has 1 N–H and O–H groups in total. The highest BCUT2D eigenvalue weighted by Gasteiger charge is 2.37. The normalized spacial score (nSPS) is 16.3. The van der Waals surface area contributed by atoms with E-state index in [9.17, 15) is 23.1 Å². The van der Waals surface area contributed by atoms with Gasteiger partial charge in [0.15, 0.2) is 5.69 Å². The van der Waals surface area contributed by atoms with E-state index in [1.807, 2.05) is 31.2 Å². The second kappa shape index (κ2) is 8.14. The van der Waals surface area contributed by atoms with Crippen LogP contribution in [0.15, 0.2) is 59.7 Å². The van der Waals surface area contributed by atoms with Crippen LogP contribution in [0.25, 0.3) is 0 Å². The number of carbonyl (C=O) groups excluding carboxylic acids is 1. The van der Waals surface area contributed by atoms with Crippen molar-refractivity contribution >= 4 is 11.6 Å². The minimum Gasteiger partial charge on any atom is -0.508 e. The smallest absolute Gasteiger partial charge is 0.435 e. The van der Waals surface area contributed by atoms with Gasteiger partial charge in [0.25, 0.3) is 5.91 Å². The van der Waals surface area contributed by atoms with Gasteiger partial charge in [0.2, 0.25) is 0 Å². The van der Waals surface area contributed by atoms with Crippen LogP contribution in [0.1, 0.15) is 40.5 Å². The Morgan fingerprint density at radius 1 is 1.12 bits per heavy atom.